The maximum Gasteiger partial charge on any atom is 0.254 e. The van der Waals surface area contributed by atoms with Crippen LogP contribution >= 0.6 is 11.6 Å². The number of aryl methyl sites for hydroxylation is 1. The van der Waals surface area contributed by atoms with Gasteiger partial charge in [0.15, 0.2) is 0 Å². The molecule has 7 heteroatoms. The van der Waals surface area contributed by atoms with Crippen LogP contribution in [0, 0.1) is 6.92 Å². The summed E-state index contributed by atoms with van der Waals surface area (Å²) in [5.74, 6) is 0.879. The Bertz CT molecular complexity index is 1400. The number of nitrogens with zero attached hydrogens (tertiary/aromatic N) is 4. The molecule has 0 radical (unpaired) electrons. The summed E-state index contributed by atoms with van der Waals surface area (Å²) >= 11 is 6.08. The Labute approximate surface area is 209 Å². The van der Waals surface area contributed by atoms with Crippen LogP contribution < -0.4 is 4.90 Å². The molecule has 35 heavy (non-hydrogen) atoms. The zero-order valence-corrected chi connectivity index (χ0v) is 20.2. The van der Waals surface area contributed by atoms with E-state index >= 15 is 0 Å². The monoisotopic (exact) mass is 484 g/mol. The standard InChI is InChI=1S/C28H25ClN4O2/c1-18-7-9-23(19-5-3-2-4-6-19)24(11-18)28(34)33-16-21-14-32(15-22(17-33)35-21)27-13-30-26-12-20(29)8-10-25(26)31-27/h2-13,21-22H,14-17H2,1H3. The van der Waals surface area contributed by atoms with Crippen molar-refractivity contribution in [3.05, 3.63) is 89.1 Å². The number of amides is 1. The molecular formula is C28H25ClN4O2. The number of rotatable bonds is 3. The van der Waals surface area contributed by atoms with Gasteiger partial charge in [0.1, 0.15) is 5.82 Å². The minimum atomic E-state index is -0.0841. The van der Waals surface area contributed by atoms with Gasteiger partial charge in [0.05, 0.1) is 29.4 Å². The van der Waals surface area contributed by atoms with Gasteiger partial charge in [0.2, 0.25) is 0 Å². The number of anilines is 1. The van der Waals surface area contributed by atoms with E-state index in [9.17, 15) is 4.79 Å². The van der Waals surface area contributed by atoms with E-state index in [1.54, 1.807) is 6.20 Å². The van der Waals surface area contributed by atoms with Crippen molar-refractivity contribution < 1.29 is 9.53 Å². The van der Waals surface area contributed by atoms with Crippen molar-refractivity contribution in [3.8, 4) is 11.1 Å². The second-order valence-corrected chi connectivity index (χ2v) is 9.71. The summed E-state index contributed by atoms with van der Waals surface area (Å²) in [7, 11) is 0. The van der Waals surface area contributed by atoms with Gasteiger partial charge in [-0.05, 0) is 42.3 Å². The zero-order chi connectivity index (χ0) is 23.9. The van der Waals surface area contributed by atoms with E-state index in [0.717, 1.165) is 39.1 Å². The molecule has 3 heterocycles. The maximum absolute atomic E-state index is 13.7. The van der Waals surface area contributed by atoms with Crippen molar-refractivity contribution in [1.29, 1.82) is 0 Å². The number of aromatic nitrogens is 2. The van der Waals surface area contributed by atoms with E-state index in [1.165, 1.54) is 0 Å². The molecule has 0 aliphatic carbocycles. The minimum Gasteiger partial charge on any atom is -0.368 e. The second kappa shape index (κ2) is 8.95. The van der Waals surface area contributed by atoms with Gasteiger partial charge in [-0.3, -0.25) is 9.78 Å². The Kier molecular flexibility index (Phi) is 5.63. The normalized spacial score (nSPS) is 19.7. The fourth-order valence-corrected chi connectivity index (χ4v) is 5.21. The highest BCUT2D eigenvalue weighted by Crippen LogP contribution is 2.29. The van der Waals surface area contributed by atoms with Crippen LogP contribution in [0.25, 0.3) is 22.2 Å². The number of ether oxygens (including phenoxy) is 1. The lowest BCUT2D eigenvalue weighted by molar-refractivity contribution is -0.0847. The molecule has 6 nitrogen and oxygen atoms in total. The Morgan fingerprint density at radius 1 is 0.943 bits per heavy atom. The number of carbonyl (C=O) groups is 1. The van der Waals surface area contributed by atoms with Crippen LogP contribution in [-0.4, -0.2) is 59.2 Å². The molecular weight excluding hydrogens is 460 g/mol. The first-order valence-corrected chi connectivity index (χ1v) is 12.2. The lowest BCUT2D eigenvalue weighted by Gasteiger charge is -2.46. The van der Waals surface area contributed by atoms with E-state index < -0.39 is 0 Å². The molecule has 2 fully saturated rings. The predicted octanol–water partition coefficient (Wildman–Crippen LogP) is 4.99. The first-order chi connectivity index (χ1) is 17.0. The SMILES string of the molecule is Cc1ccc(-c2ccccc2)c(C(=O)N2CC3CN(c4cnc5cc(Cl)ccc5n4)CC(C2)O3)c1. The van der Waals surface area contributed by atoms with Gasteiger partial charge in [0.25, 0.3) is 5.91 Å². The highest BCUT2D eigenvalue weighted by Gasteiger charge is 2.38. The summed E-state index contributed by atoms with van der Waals surface area (Å²) in [5, 5.41) is 0.647. The van der Waals surface area contributed by atoms with Crippen molar-refractivity contribution in [2.45, 2.75) is 19.1 Å². The van der Waals surface area contributed by atoms with Crippen LogP contribution in [0.15, 0.2) is 72.9 Å². The van der Waals surface area contributed by atoms with Crippen molar-refractivity contribution >= 4 is 34.4 Å². The van der Waals surface area contributed by atoms with E-state index in [4.69, 9.17) is 21.3 Å². The fourth-order valence-electron chi connectivity index (χ4n) is 5.05. The van der Waals surface area contributed by atoms with Crippen LogP contribution in [-0.2, 0) is 4.74 Å². The van der Waals surface area contributed by atoms with Crippen LogP contribution in [0.4, 0.5) is 5.82 Å². The smallest absolute Gasteiger partial charge is 0.254 e. The summed E-state index contributed by atoms with van der Waals surface area (Å²) in [6, 6.07) is 21.7. The highest BCUT2D eigenvalue weighted by molar-refractivity contribution is 6.31. The molecule has 2 bridgehead atoms. The average Bonchev–Trinajstić information content (AvgIpc) is 2.87. The molecule has 4 aromatic rings. The van der Waals surface area contributed by atoms with Crippen LogP contribution in [0.2, 0.25) is 5.02 Å². The van der Waals surface area contributed by atoms with Crippen LogP contribution in [0.1, 0.15) is 15.9 Å². The topological polar surface area (TPSA) is 58.6 Å². The number of fused-ring (bicyclic) bond motifs is 3. The van der Waals surface area contributed by atoms with Crippen molar-refractivity contribution in [1.82, 2.24) is 14.9 Å². The molecule has 2 unspecified atom stereocenters. The minimum absolute atomic E-state index is 0.0571. The number of halogens is 1. The fraction of sp³-hybridized carbons (Fsp3) is 0.250. The lowest BCUT2D eigenvalue weighted by Crippen LogP contribution is -2.60. The molecule has 2 saturated heterocycles. The van der Waals surface area contributed by atoms with Gasteiger partial charge in [-0.25, -0.2) is 4.98 Å². The van der Waals surface area contributed by atoms with Crippen molar-refractivity contribution in [3.63, 3.8) is 0 Å². The number of carbonyl (C=O) groups excluding carboxylic acids is 1. The third-order valence-electron chi connectivity index (χ3n) is 6.67. The number of morpholine rings is 2. The van der Waals surface area contributed by atoms with E-state index in [1.807, 2.05) is 72.5 Å². The Hall–Kier alpha value is -3.48. The molecule has 1 aromatic heterocycles. The zero-order valence-electron chi connectivity index (χ0n) is 19.4. The molecule has 0 N–H and O–H groups in total. The molecule has 2 aliphatic heterocycles. The van der Waals surface area contributed by atoms with Gasteiger partial charge in [-0.1, -0.05) is 59.6 Å². The largest absolute Gasteiger partial charge is 0.368 e. The summed E-state index contributed by atoms with van der Waals surface area (Å²) in [6.07, 6.45) is 1.62. The van der Waals surface area contributed by atoms with Gasteiger partial charge in [-0.15, -0.1) is 0 Å². The van der Waals surface area contributed by atoms with Gasteiger partial charge in [-0.2, -0.15) is 0 Å². The Morgan fingerprint density at radius 2 is 1.71 bits per heavy atom. The van der Waals surface area contributed by atoms with Gasteiger partial charge >= 0.3 is 0 Å². The summed E-state index contributed by atoms with van der Waals surface area (Å²) in [4.78, 5) is 27.2. The Morgan fingerprint density at radius 3 is 2.49 bits per heavy atom. The molecule has 3 aromatic carbocycles. The van der Waals surface area contributed by atoms with Crippen LogP contribution in [0.5, 0.6) is 0 Å². The summed E-state index contributed by atoms with van der Waals surface area (Å²) in [5.41, 5.74) is 5.42. The molecule has 2 atom stereocenters. The average molecular weight is 485 g/mol. The molecule has 0 saturated carbocycles. The van der Waals surface area contributed by atoms with Crippen molar-refractivity contribution in [2.75, 3.05) is 31.1 Å². The lowest BCUT2D eigenvalue weighted by atomic mass is 9.96. The maximum atomic E-state index is 13.7. The number of hydrogen-bond acceptors (Lipinski definition) is 5. The molecule has 176 valence electrons. The molecule has 1 amide bonds. The van der Waals surface area contributed by atoms with Gasteiger partial charge < -0.3 is 14.5 Å². The molecule has 2 aliphatic rings. The van der Waals surface area contributed by atoms with Gasteiger partial charge in [0, 0.05) is 36.8 Å². The summed E-state index contributed by atoms with van der Waals surface area (Å²) < 4.78 is 6.23. The molecule has 6 rings (SSSR count). The molecule has 0 spiro atoms. The first-order valence-electron chi connectivity index (χ1n) is 11.8. The van der Waals surface area contributed by atoms with Crippen molar-refractivity contribution in [2.24, 2.45) is 0 Å². The summed E-state index contributed by atoms with van der Waals surface area (Å²) in [6.45, 7) is 4.44. The highest BCUT2D eigenvalue weighted by atomic mass is 35.5. The van der Waals surface area contributed by atoms with E-state index in [-0.39, 0.29) is 18.1 Å². The number of benzene rings is 3. The predicted molar refractivity (Wildman–Crippen MR) is 138 cm³/mol. The second-order valence-electron chi connectivity index (χ2n) is 9.27. The van der Waals surface area contributed by atoms with E-state index in [0.29, 0.717) is 31.2 Å². The van der Waals surface area contributed by atoms with E-state index in [2.05, 4.69) is 16.0 Å². The third kappa shape index (κ3) is 4.35. The third-order valence-corrected chi connectivity index (χ3v) is 6.91. The number of hydrogen-bond donors (Lipinski definition) is 0. The Balaban J connectivity index is 1.23. The van der Waals surface area contributed by atoms with Crippen LogP contribution in [0.3, 0.4) is 0 Å². The first kappa shape index (κ1) is 22.0. The quantitative estimate of drug-likeness (QED) is 0.410.